The quantitative estimate of drug-likeness (QED) is 0.0459. The number of pyridine rings is 4. The Morgan fingerprint density at radius 2 is 0.810 bits per heavy atom. The van der Waals surface area contributed by atoms with Crippen LogP contribution in [0.5, 0.6) is 17.2 Å². The van der Waals surface area contributed by atoms with Crippen LogP contribution in [0.25, 0.3) is 88.1 Å². The third kappa shape index (κ3) is 30.1. The van der Waals surface area contributed by atoms with Crippen LogP contribution in [-0.4, -0.2) is 129 Å². The van der Waals surface area contributed by atoms with Gasteiger partial charge in [0.05, 0.1) is 81.0 Å². The first-order valence-corrected chi connectivity index (χ1v) is 44.3. The van der Waals surface area contributed by atoms with E-state index in [0.29, 0.717) is 24.6 Å². The number of nitrogen functional groups attached to an aromatic ring is 1. The van der Waals surface area contributed by atoms with E-state index in [-0.39, 0.29) is 38.2 Å². The summed E-state index contributed by atoms with van der Waals surface area (Å²) in [6, 6.07) is 55.8. The number of fused-ring (bicyclic) bond motifs is 4. The molecule has 7 aromatic carbocycles. The van der Waals surface area contributed by atoms with Gasteiger partial charge in [-0.25, -0.2) is 29.5 Å². The third-order valence-corrected chi connectivity index (χ3v) is 20.0. The summed E-state index contributed by atoms with van der Waals surface area (Å²) in [7, 11) is 12.8. The van der Waals surface area contributed by atoms with Crippen LogP contribution in [0.1, 0.15) is 100 Å². The van der Waals surface area contributed by atoms with Gasteiger partial charge in [-0.1, -0.05) is 119 Å². The van der Waals surface area contributed by atoms with Crippen molar-refractivity contribution in [3.05, 3.63) is 277 Å². The predicted molar refractivity (Wildman–Crippen MR) is 522 cm³/mol. The molecular weight excluding hydrogens is 1830 g/mol. The number of nitrogens with two attached hydrogens (primary N) is 2. The first kappa shape index (κ1) is 103. The Labute approximate surface area is 772 Å². The van der Waals surface area contributed by atoms with Crippen LogP contribution in [0.15, 0.2) is 249 Å². The second kappa shape index (κ2) is 49.5. The Balaban J connectivity index is 0.000000285. The number of nitrogens with one attached hydrogen (secondary N) is 2. The molecule has 3 atom stereocenters. The van der Waals surface area contributed by atoms with Gasteiger partial charge in [-0.2, -0.15) is 0 Å². The number of rotatable bonds is 18. The molecular formula is C98H113BBr3CuN16O7. The normalized spacial score (nSPS) is 11.3. The molecule has 0 saturated heterocycles. The van der Waals surface area contributed by atoms with Gasteiger partial charge in [0.2, 0.25) is 0 Å². The number of carbonyl (C=O) groups is 2. The standard InChI is InChI=1S/C29H30N4O3.C24H26N4O.C16H21NO3.C13H10BrN3.C13H12N4.3CH4.B.2BrH.Cu.H2/c1-29(2,3)36-28(34)32-24(16-20-6-11-25(35-5)12-7-20)10-13-27-31-19-26(33(27)4)22-8-9-23-18-30-15-14-21(23)17-22;1-28-23(19-5-6-20-15-26-12-11-18(20)14-19)16-27-24(28)10-7-21(25)13-17-3-8-22(29-2)9-4-17;1-6-13(17-15(18)20-16(2,3)4)11-12-7-9-14(19-5)10-8-12;2*1-17-12(8-16-13(17)14)10-2-3-11-7-15-5-4-9(11)6-10;;;;;;;;/h6-9,11-12,14-15,17-19,24H,16H2,1-5H3,(H,32,34);3-6,8-9,11-12,14-16,21H,7,10,13,25H2,1-2H3;1,7-10,13H,11H2,2-5H3,(H,17,18);2-8H,1H3;2-8H,1H3,(H2,14,16);3*1H4;;2*1H;;1H/q;;;;;;;;;;;+2;/p-2/t24-;21-;13-;;;;;;;;;;/m111........../s1/i;;;;;;;;;;;;1+1. The summed E-state index contributed by atoms with van der Waals surface area (Å²) >= 11 is 10.8. The molecule has 15 aromatic rings. The van der Waals surface area contributed by atoms with Gasteiger partial charge in [0.25, 0.3) is 0 Å². The average molecular weight is 1940 g/mol. The molecule has 15 rings (SSSR count). The summed E-state index contributed by atoms with van der Waals surface area (Å²) < 4.78 is 35.0. The molecule has 28 heteroatoms. The Hall–Kier alpha value is -12.1. The van der Waals surface area contributed by atoms with Crippen LogP contribution in [-0.2, 0) is 74.7 Å². The summed E-state index contributed by atoms with van der Waals surface area (Å²) in [6.45, 7) is 10.9. The number of benzene rings is 7. The number of aryl methyl sites for hydroxylation is 1. The zero-order valence-electron chi connectivity index (χ0n) is 70.8. The number of imidazole rings is 4. The van der Waals surface area contributed by atoms with E-state index in [4.69, 9.17) is 41.6 Å². The van der Waals surface area contributed by atoms with E-state index in [2.05, 4.69) is 203 Å². The molecule has 662 valence electrons. The van der Waals surface area contributed by atoms with Crippen LogP contribution in [0.4, 0.5) is 15.5 Å². The molecule has 8 aromatic heterocycles. The summed E-state index contributed by atoms with van der Waals surface area (Å²) in [5.74, 6) is 13.5. The molecule has 0 bridgehead atoms. The maximum absolute atomic E-state index is 12.5. The van der Waals surface area contributed by atoms with Crippen LogP contribution in [0.3, 0.4) is 0 Å². The molecule has 2 amide bonds. The Kier molecular flexibility index (Phi) is 40.4. The van der Waals surface area contributed by atoms with E-state index >= 15 is 0 Å². The van der Waals surface area contributed by atoms with E-state index in [0.717, 1.165) is 136 Å². The van der Waals surface area contributed by atoms with Crippen LogP contribution < -0.4 is 36.3 Å². The predicted octanol–water partition coefficient (Wildman–Crippen LogP) is 21.1. The topological polar surface area (TPSA) is 279 Å². The monoisotopic (exact) mass is 1940 g/mol. The van der Waals surface area contributed by atoms with E-state index in [1.807, 2.05) is 202 Å². The van der Waals surface area contributed by atoms with E-state index in [1.165, 1.54) is 27.7 Å². The molecule has 0 spiro atoms. The van der Waals surface area contributed by atoms with E-state index in [9.17, 15) is 9.59 Å². The van der Waals surface area contributed by atoms with Gasteiger partial charge in [0.15, 0.2) is 16.5 Å². The van der Waals surface area contributed by atoms with Crippen LogP contribution >= 0.6 is 44.2 Å². The maximum atomic E-state index is 12.5. The molecule has 0 aliphatic heterocycles. The van der Waals surface area contributed by atoms with Crippen molar-refractivity contribution in [1.82, 2.24) is 68.8 Å². The van der Waals surface area contributed by atoms with Crippen LogP contribution in [0.2, 0.25) is 0 Å². The zero-order valence-corrected chi connectivity index (χ0v) is 76.5. The fraction of sp³-hybridized carbons (Fsp3) is 0.265. The van der Waals surface area contributed by atoms with Gasteiger partial charge in [-0.3, -0.25) is 19.9 Å². The number of alkyl carbamates (subject to hydrolysis) is 2. The van der Waals surface area contributed by atoms with Crippen molar-refractivity contribution in [2.24, 2.45) is 33.9 Å². The molecule has 0 aliphatic rings. The van der Waals surface area contributed by atoms with Crippen molar-refractivity contribution in [2.75, 3.05) is 27.1 Å². The van der Waals surface area contributed by atoms with Crippen molar-refractivity contribution in [3.63, 3.8) is 0 Å². The Morgan fingerprint density at radius 3 is 1.17 bits per heavy atom. The molecule has 0 aliphatic carbocycles. The van der Waals surface area contributed by atoms with E-state index < -0.39 is 35.5 Å². The minimum absolute atomic E-state index is 0. The van der Waals surface area contributed by atoms with Crippen molar-refractivity contribution >= 4 is 114 Å². The fourth-order valence-electron chi connectivity index (χ4n) is 12.9. The molecule has 0 saturated carbocycles. The molecule has 0 unspecified atom stereocenters. The molecule has 3 radical (unpaired) electrons. The minimum atomic E-state index is -0.604. The van der Waals surface area contributed by atoms with Gasteiger partial charge in [0, 0.05) is 157 Å². The molecule has 126 heavy (non-hydrogen) atoms. The number of carbonyl (C=O) groups excluding carboxylic acids is 2. The van der Waals surface area contributed by atoms with Gasteiger partial charge in [-0.05, 0) is 199 Å². The summed E-state index contributed by atoms with van der Waals surface area (Å²) in [5.41, 5.74) is 22.9. The van der Waals surface area contributed by atoms with Gasteiger partial charge in [0.1, 0.15) is 34.3 Å². The molecule has 0 fully saturated rings. The molecule has 8 heterocycles. The zero-order chi connectivity index (χ0) is 87.5. The fourth-order valence-corrected chi connectivity index (χ4v) is 13.2. The number of amides is 2. The van der Waals surface area contributed by atoms with Gasteiger partial charge >= 0.3 is 51.7 Å². The summed E-state index contributed by atoms with van der Waals surface area (Å²) in [5, 5.41) is 14.7. The Morgan fingerprint density at radius 1 is 0.468 bits per heavy atom. The summed E-state index contributed by atoms with van der Waals surface area (Å²) in [4.78, 5) is 58.2. The number of aromatic nitrogens is 12. The van der Waals surface area contributed by atoms with Crippen molar-refractivity contribution < 1.29 is 46.0 Å². The first-order valence-electron chi connectivity index (χ1n) is 38.9. The van der Waals surface area contributed by atoms with Crippen molar-refractivity contribution in [1.29, 1.82) is 0 Å². The number of ether oxygens (including phenoxy) is 5. The number of terminal acetylenes is 1. The number of anilines is 1. The van der Waals surface area contributed by atoms with E-state index in [1.54, 1.807) is 60.7 Å². The molecule has 6 N–H and O–H groups in total. The van der Waals surface area contributed by atoms with Crippen molar-refractivity contribution in [2.45, 2.75) is 125 Å². The number of hydrogen-bond acceptors (Lipinski definition) is 17. The average Bonchev–Trinajstić information content (AvgIpc) is 1.72. The number of methoxy groups -OCH3 is 3. The van der Waals surface area contributed by atoms with Gasteiger partial charge < -0.3 is 64.1 Å². The molecule has 23 nitrogen and oxygen atoms in total. The second-order valence-corrected chi connectivity index (χ2v) is 35.7. The number of halogens is 3. The van der Waals surface area contributed by atoms with Crippen molar-refractivity contribution in [3.8, 4) is 86.5 Å². The summed E-state index contributed by atoms with van der Waals surface area (Å²) in [6.07, 6.45) is 30.2. The SMILES string of the molecule is C.C.C.C#C[C@H](Cc1ccc(OC)cc1)NC(=O)OC(C)(C)C.COc1ccc(C[C@@H](C#Cc2ncc(-c3ccc4cnccc4c3)n2C)NC(=O)OC(C)(C)C)cc1.COc1ccc(C[C@H](N)CCc2ncc(-c3ccc4cnccc4c3)n2C)cc1.Cn1c(-c2ccc3cnccc3c2)cnc1Br.Cn1c(-c2ccc3cnccc3c2)cnc1N.[2HH].[B].[Br][Cu][Br]. The second-order valence-electron chi connectivity index (χ2n) is 30.3. The Bertz CT molecular complexity index is 5980. The third-order valence-electron chi connectivity index (χ3n) is 19.3. The first-order chi connectivity index (χ1) is 58.6. The number of nitrogens with zero attached hydrogens (tertiary/aromatic N) is 12. The number of hydrogen-bond donors (Lipinski definition) is 4. The van der Waals surface area contributed by atoms with Crippen LogP contribution in [0, 0.1) is 24.2 Å². The van der Waals surface area contributed by atoms with Gasteiger partial charge in [-0.15, -0.1) is 6.42 Å².